The van der Waals surface area contributed by atoms with Crippen LogP contribution in [0.5, 0.6) is 5.75 Å². The molecule has 44 heavy (non-hydrogen) atoms. The highest BCUT2D eigenvalue weighted by Gasteiger charge is 2.51. The molecule has 0 saturated heterocycles. The van der Waals surface area contributed by atoms with Gasteiger partial charge in [0.2, 0.25) is 5.91 Å². The molecule has 0 aromatic heterocycles. The van der Waals surface area contributed by atoms with Crippen molar-refractivity contribution in [2.45, 2.75) is 74.2 Å². The fourth-order valence-electron chi connectivity index (χ4n) is 7.23. The van der Waals surface area contributed by atoms with E-state index in [4.69, 9.17) is 9.47 Å². The number of thioether (sulfide) groups is 1. The van der Waals surface area contributed by atoms with Crippen molar-refractivity contribution in [1.29, 1.82) is 0 Å². The summed E-state index contributed by atoms with van der Waals surface area (Å²) in [6, 6.07) is 7.82. The Kier molecular flexibility index (Phi) is 9.77. The van der Waals surface area contributed by atoms with Crippen LogP contribution >= 0.6 is 11.8 Å². The van der Waals surface area contributed by atoms with Gasteiger partial charge in [0, 0.05) is 22.7 Å². The van der Waals surface area contributed by atoms with Gasteiger partial charge >= 0.3 is 11.5 Å². The largest absolute Gasteiger partial charge is 0.496 e. The normalized spacial score (nSPS) is 26.2. The third-order valence-electron chi connectivity index (χ3n) is 9.20. The summed E-state index contributed by atoms with van der Waals surface area (Å²) in [6.07, 6.45) is 4.69. The van der Waals surface area contributed by atoms with Gasteiger partial charge in [0.15, 0.2) is 0 Å². The Labute approximate surface area is 257 Å². The van der Waals surface area contributed by atoms with Crippen molar-refractivity contribution in [2.24, 2.45) is 23.7 Å². The molecule has 0 radical (unpaired) electrons. The molecule has 3 aliphatic rings. The minimum Gasteiger partial charge on any atom is -0.496 e. The third kappa shape index (κ3) is 7.16. The number of anilines is 1. The van der Waals surface area contributed by atoms with Crippen molar-refractivity contribution in [1.82, 2.24) is 5.32 Å². The zero-order valence-corrected chi connectivity index (χ0v) is 25.4. The number of amides is 2. The molecule has 5 rings (SSSR count). The van der Waals surface area contributed by atoms with E-state index in [-0.39, 0.29) is 69.2 Å². The van der Waals surface area contributed by atoms with Crippen molar-refractivity contribution in [3.63, 3.8) is 0 Å². The van der Waals surface area contributed by atoms with Crippen LogP contribution in [0.25, 0.3) is 0 Å². The van der Waals surface area contributed by atoms with Crippen LogP contribution < -0.4 is 15.4 Å². The average molecular weight is 637 g/mol. The van der Waals surface area contributed by atoms with E-state index in [9.17, 15) is 27.6 Å². The first kappa shape index (κ1) is 32.1. The fourth-order valence-corrected chi connectivity index (χ4v) is 7.83. The van der Waals surface area contributed by atoms with Crippen molar-refractivity contribution < 1.29 is 41.4 Å². The monoisotopic (exact) mass is 636 g/mol. The first-order valence-corrected chi connectivity index (χ1v) is 15.8. The number of esters is 1. The number of halogens is 4. The molecule has 4 atom stereocenters. The lowest BCUT2D eigenvalue weighted by molar-refractivity contribution is -0.149. The Morgan fingerprint density at radius 3 is 2.41 bits per heavy atom. The van der Waals surface area contributed by atoms with Gasteiger partial charge in [-0.15, -0.1) is 0 Å². The van der Waals surface area contributed by atoms with Gasteiger partial charge < -0.3 is 20.1 Å². The summed E-state index contributed by atoms with van der Waals surface area (Å²) in [7, 11) is 1.36. The molecular formula is C32H36F4N2O5S. The van der Waals surface area contributed by atoms with Crippen molar-refractivity contribution in [2.75, 3.05) is 19.0 Å². The van der Waals surface area contributed by atoms with Crippen LogP contribution in [-0.2, 0) is 14.3 Å². The second kappa shape index (κ2) is 13.4. The molecule has 3 aliphatic carbocycles. The topological polar surface area (TPSA) is 93.7 Å². The Morgan fingerprint density at radius 2 is 1.73 bits per heavy atom. The molecular weight excluding hydrogens is 600 g/mol. The molecule has 2 N–H and O–H groups in total. The average Bonchev–Trinajstić information content (AvgIpc) is 3.58. The van der Waals surface area contributed by atoms with Crippen LogP contribution in [0.3, 0.4) is 0 Å². The van der Waals surface area contributed by atoms with Crippen molar-refractivity contribution in [3.8, 4) is 5.75 Å². The maximum absolute atomic E-state index is 15.2. The predicted octanol–water partition coefficient (Wildman–Crippen LogP) is 7.07. The van der Waals surface area contributed by atoms with Crippen LogP contribution in [0.15, 0.2) is 41.3 Å². The number of nitrogens with one attached hydrogen (secondary N) is 2. The van der Waals surface area contributed by atoms with Gasteiger partial charge in [0.05, 0.1) is 31.1 Å². The maximum atomic E-state index is 15.2. The summed E-state index contributed by atoms with van der Waals surface area (Å²) in [5, 5.41) is 5.79. The van der Waals surface area contributed by atoms with E-state index in [0.717, 1.165) is 19.3 Å². The smallest absolute Gasteiger partial charge is 0.446 e. The quantitative estimate of drug-likeness (QED) is 0.174. The SMILES string of the molecule is CCOC(=O)C1CCC(c2cc(C(=O)NC3C4CCC(C4)C3C(=O)Nc3cccc(SC(F)(F)F)c3)c(OC)cc2F)CC1. The second-order valence-corrected chi connectivity index (χ2v) is 12.9. The summed E-state index contributed by atoms with van der Waals surface area (Å²) in [5.74, 6) is -2.36. The Bertz CT molecular complexity index is 1400. The van der Waals surface area contributed by atoms with Crippen molar-refractivity contribution in [3.05, 3.63) is 53.3 Å². The highest BCUT2D eigenvalue weighted by atomic mass is 32.2. The van der Waals surface area contributed by atoms with Gasteiger partial charge in [-0.1, -0.05) is 6.07 Å². The number of ether oxygens (including phenoxy) is 2. The molecule has 2 aromatic carbocycles. The first-order chi connectivity index (χ1) is 21.0. The van der Waals surface area contributed by atoms with E-state index in [1.807, 2.05) is 0 Å². The van der Waals surface area contributed by atoms with E-state index in [0.29, 0.717) is 37.9 Å². The van der Waals surface area contributed by atoms with Crippen LogP contribution in [0.2, 0.25) is 0 Å². The lowest BCUT2D eigenvalue weighted by atomic mass is 9.78. The molecule has 0 aliphatic heterocycles. The number of hydrogen-bond donors (Lipinski definition) is 2. The highest BCUT2D eigenvalue weighted by molar-refractivity contribution is 8.00. The Balaban J connectivity index is 1.31. The van der Waals surface area contributed by atoms with Gasteiger partial charge in [-0.3, -0.25) is 14.4 Å². The fraction of sp³-hybridized carbons (Fsp3) is 0.531. The predicted molar refractivity (Wildman–Crippen MR) is 157 cm³/mol. The summed E-state index contributed by atoms with van der Waals surface area (Å²) in [4.78, 5) is 39.3. The summed E-state index contributed by atoms with van der Waals surface area (Å²) < 4.78 is 64.3. The summed E-state index contributed by atoms with van der Waals surface area (Å²) in [5.41, 5.74) is -3.65. The van der Waals surface area contributed by atoms with Gasteiger partial charge in [-0.25, -0.2) is 4.39 Å². The van der Waals surface area contributed by atoms with E-state index >= 15 is 4.39 Å². The van der Waals surface area contributed by atoms with E-state index in [2.05, 4.69) is 10.6 Å². The summed E-state index contributed by atoms with van der Waals surface area (Å²) >= 11 is -0.256. The molecule has 12 heteroatoms. The van der Waals surface area contributed by atoms with Gasteiger partial charge in [-0.05, 0) is 111 Å². The zero-order valence-electron chi connectivity index (χ0n) is 24.5. The number of benzene rings is 2. The van der Waals surface area contributed by atoms with Crippen LogP contribution in [0, 0.1) is 29.5 Å². The molecule has 3 fully saturated rings. The lowest BCUT2D eigenvalue weighted by Gasteiger charge is -2.31. The van der Waals surface area contributed by atoms with Crippen LogP contribution in [-0.4, -0.2) is 43.1 Å². The molecule has 0 spiro atoms. The summed E-state index contributed by atoms with van der Waals surface area (Å²) in [6.45, 7) is 2.07. The molecule has 2 aromatic rings. The van der Waals surface area contributed by atoms with Crippen molar-refractivity contribution >= 4 is 35.2 Å². The molecule has 238 valence electrons. The molecule has 2 amide bonds. The Hall–Kier alpha value is -3.28. The molecule has 4 unspecified atom stereocenters. The standard InChI is InChI=1S/C32H36F4N2O5S/c1-3-43-31(41)18-9-7-17(8-10-18)23-15-24(26(42-2)16-25(23)33)29(39)38-28-20-12-11-19(13-20)27(28)30(40)37-21-5-4-6-22(14-21)44-32(34,35)36/h4-6,14-20,27-28H,3,7-13H2,1-2H3,(H,37,40)(H,38,39). The van der Waals surface area contributed by atoms with Crippen LogP contribution in [0.4, 0.5) is 23.2 Å². The number of carbonyl (C=O) groups is 3. The number of carbonyl (C=O) groups excluding carboxylic acids is 3. The van der Waals surface area contributed by atoms with Gasteiger partial charge in [0.25, 0.3) is 5.91 Å². The molecule has 0 heterocycles. The van der Waals surface area contributed by atoms with E-state index in [1.54, 1.807) is 6.92 Å². The zero-order chi connectivity index (χ0) is 31.6. The van der Waals surface area contributed by atoms with Crippen LogP contribution in [0.1, 0.15) is 73.7 Å². The minimum atomic E-state index is -4.45. The van der Waals surface area contributed by atoms with E-state index < -0.39 is 29.2 Å². The minimum absolute atomic E-state index is 0.0262. The molecule has 2 bridgehead atoms. The number of hydrogen-bond acceptors (Lipinski definition) is 6. The number of methoxy groups -OCH3 is 1. The van der Waals surface area contributed by atoms with Gasteiger partial charge in [-0.2, -0.15) is 13.2 Å². The Morgan fingerprint density at radius 1 is 1.00 bits per heavy atom. The van der Waals surface area contributed by atoms with E-state index in [1.165, 1.54) is 43.5 Å². The maximum Gasteiger partial charge on any atom is 0.446 e. The highest BCUT2D eigenvalue weighted by Crippen LogP contribution is 2.49. The second-order valence-electron chi connectivity index (χ2n) is 11.8. The molecule has 7 nitrogen and oxygen atoms in total. The molecule has 3 saturated carbocycles. The first-order valence-electron chi connectivity index (χ1n) is 15.0. The number of alkyl halides is 3. The lowest BCUT2D eigenvalue weighted by Crippen LogP contribution is -2.48. The number of fused-ring (bicyclic) bond motifs is 2. The van der Waals surface area contributed by atoms with Gasteiger partial charge in [0.1, 0.15) is 11.6 Å². The number of rotatable bonds is 9. The third-order valence-corrected chi connectivity index (χ3v) is 9.92.